The number of ether oxygens (including phenoxy) is 2. The van der Waals surface area contributed by atoms with Gasteiger partial charge in [0.25, 0.3) is 0 Å². The summed E-state index contributed by atoms with van der Waals surface area (Å²) >= 11 is 0. The van der Waals surface area contributed by atoms with Crippen LogP contribution >= 0.6 is 0 Å². The van der Waals surface area contributed by atoms with Gasteiger partial charge in [-0.15, -0.1) is 0 Å². The molecule has 1 saturated carbocycles. The number of hydrogen-bond donors (Lipinski definition) is 1. The number of methoxy groups -OCH3 is 1. The second-order valence-electron chi connectivity index (χ2n) is 11.7. The first kappa shape index (κ1) is 24.7. The van der Waals surface area contributed by atoms with Crippen molar-refractivity contribution in [2.45, 2.75) is 52.1 Å². The number of allylic oxidation sites excluding steroid dienone is 2. The second-order valence-corrected chi connectivity index (χ2v) is 11.7. The van der Waals surface area contributed by atoms with Crippen molar-refractivity contribution in [3.8, 4) is 22.6 Å². The quantitative estimate of drug-likeness (QED) is 0.358. The first-order valence-electron chi connectivity index (χ1n) is 13.3. The summed E-state index contributed by atoms with van der Waals surface area (Å²) in [6, 6.07) is 17.0. The third-order valence-electron chi connectivity index (χ3n) is 9.18. The van der Waals surface area contributed by atoms with Crippen LogP contribution in [0.2, 0.25) is 0 Å². The summed E-state index contributed by atoms with van der Waals surface area (Å²) < 4.78 is 26.6. The van der Waals surface area contributed by atoms with Gasteiger partial charge < -0.3 is 14.6 Å². The Morgan fingerprint density at radius 2 is 1.82 bits per heavy atom. The number of carboxylic acids is 1. The zero-order valence-corrected chi connectivity index (χ0v) is 22.3. The van der Waals surface area contributed by atoms with E-state index < -0.39 is 5.97 Å². The van der Waals surface area contributed by atoms with E-state index in [-0.39, 0.29) is 28.5 Å². The third-order valence-corrected chi connectivity index (χ3v) is 9.18. The lowest BCUT2D eigenvalue weighted by Crippen LogP contribution is -2.29. The number of fused-ring (bicyclic) bond motifs is 2. The van der Waals surface area contributed by atoms with E-state index in [1.165, 1.54) is 17.2 Å². The van der Waals surface area contributed by atoms with Crippen LogP contribution in [0.5, 0.6) is 11.5 Å². The van der Waals surface area contributed by atoms with Crippen molar-refractivity contribution in [3.05, 3.63) is 88.7 Å². The standard InChI is InChI=1S/C33H33FO4/c1-19-30(31(35)36)33(19)17-21-8-9-23(16-28(21)33)38-18-20-7-11-24(26-15-22(37-4)10-12-29(26)34)25(14-20)27-6-5-13-32(27,2)3/h6-12,14-16,19,30H,5,13,17-18H2,1-4H3,(H,35,36). The Labute approximate surface area is 223 Å². The molecule has 0 aliphatic heterocycles. The lowest BCUT2D eigenvalue weighted by atomic mass is 9.71. The van der Waals surface area contributed by atoms with Gasteiger partial charge in [-0.25, -0.2) is 4.39 Å². The maximum atomic E-state index is 15.0. The van der Waals surface area contributed by atoms with Crippen LogP contribution in [0, 0.1) is 23.1 Å². The van der Waals surface area contributed by atoms with E-state index in [0.717, 1.165) is 47.3 Å². The first-order valence-corrected chi connectivity index (χ1v) is 13.3. The molecule has 1 spiro atoms. The van der Waals surface area contributed by atoms with Crippen LogP contribution in [0.3, 0.4) is 0 Å². The van der Waals surface area contributed by atoms with E-state index in [0.29, 0.717) is 17.9 Å². The van der Waals surface area contributed by atoms with Crippen LogP contribution in [-0.2, 0) is 23.2 Å². The Hall–Kier alpha value is -3.60. The fourth-order valence-corrected chi connectivity index (χ4v) is 6.89. The minimum absolute atomic E-state index is 0.0126. The topological polar surface area (TPSA) is 55.8 Å². The minimum Gasteiger partial charge on any atom is -0.497 e. The molecule has 0 bridgehead atoms. The van der Waals surface area contributed by atoms with E-state index in [9.17, 15) is 9.90 Å². The number of aliphatic carboxylic acids is 1. The van der Waals surface area contributed by atoms with Crippen molar-refractivity contribution in [1.82, 2.24) is 0 Å². The van der Waals surface area contributed by atoms with Crippen LogP contribution in [0.1, 0.15) is 55.9 Å². The molecule has 6 rings (SSSR count). The van der Waals surface area contributed by atoms with E-state index in [4.69, 9.17) is 9.47 Å². The highest BCUT2D eigenvalue weighted by atomic mass is 19.1. The normalized spacial score (nSPS) is 24.4. The molecule has 0 saturated heterocycles. The number of halogens is 1. The summed E-state index contributed by atoms with van der Waals surface area (Å²) in [6.45, 7) is 6.87. The molecule has 3 aromatic carbocycles. The van der Waals surface area contributed by atoms with Gasteiger partial charge in [-0.2, -0.15) is 0 Å². The molecule has 38 heavy (non-hydrogen) atoms. The molecule has 0 amide bonds. The molecular formula is C33H33FO4. The van der Waals surface area contributed by atoms with Crippen molar-refractivity contribution >= 4 is 11.5 Å². The lowest BCUT2D eigenvalue weighted by molar-refractivity contribution is -0.139. The maximum absolute atomic E-state index is 15.0. The van der Waals surface area contributed by atoms with Crippen molar-refractivity contribution in [2.24, 2.45) is 17.3 Å². The lowest BCUT2D eigenvalue weighted by Gasteiger charge is -2.32. The Morgan fingerprint density at radius 3 is 2.50 bits per heavy atom. The number of carboxylic acid groups (broad SMARTS) is 1. The molecule has 196 valence electrons. The molecule has 0 heterocycles. The van der Waals surface area contributed by atoms with Gasteiger partial charge >= 0.3 is 5.97 Å². The van der Waals surface area contributed by atoms with Crippen LogP contribution in [0.4, 0.5) is 4.39 Å². The van der Waals surface area contributed by atoms with Gasteiger partial charge in [-0.05, 0) is 100 Å². The summed E-state index contributed by atoms with van der Waals surface area (Å²) in [5.41, 5.74) is 6.71. The van der Waals surface area contributed by atoms with Crippen molar-refractivity contribution in [2.75, 3.05) is 7.11 Å². The molecule has 0 aromatic heterocycles. The molecule has 0 radical (unpaired) electrons. The average Bonchev–Trinajstić information content (AvgIpc) is 3.37. The maximum Gasteiger partial charge on any atom is 0.307 e. The Balaban J connectivity index is 1.31. The molecule has 4 nitrogen and oxygen atoms in total. The van der Waals surface area contributed by atoms with E-state index in [1.807, 2.05) is 31.2 Å². The van der Waals surface area contributed by atoms with Crippen molar-refractivity contribution < 1.29 is 23.8 Å². The molecule has 3 aliphatic carbocycles. The van der Waals surface area contributed by atoms with Crippen molar-refractivity contribution in [3.63, 3.8) is 0 Å². The van der Waals surface area contributed by atoms with Gasteiger partial charge in [0, 0.05) is 11.0 Å². The largest absolute Gasteiger partial charge is 0.497 e. The van der Waals surface area contributed by atoms with Gasteiger partial charge in [0.05, 0.1) is 13.0 Å². The molecule has 5 heteroatoms. The van der Waals surface area contributed by atoms with Gasteiger partial charge in [0.15, 0.2) is 0 Å². The van der Waals surface area contributed by atoms with Crippen molar-refractivity contribution in [1.29, 1.82) is 0 Å². The Morgan fingerprint density at radius 1 is 1.03 bits per heavy atom. The summed E-state index contributed by atoms with van der Waals surface area (Å²) in [7, 11) is 1.59. The van der Waals surface area contributed by atoms with E-state index >= 15 is 4.39 Å². The molecule has 1 fully saturated rings. The van der Waals surface area contributed by atoms with Crippen LogP contribution in [-0.4, -0.2) is 18.2 Å². The summed E-state index contributed by atoms with van der Waals surface area (Å²) in [4.78, 5) is 11.7. The van der Waals surface area contributed by atoms with Gasteiger partial charge in [-0.1, -0.05) is 45.0 Å². The predicted molar refractivity (Wildman–Crippen MR) is 146 cm³/mol. The highest BCUT2D eigenvalue weighted by molar-refractivity contribution is 5.85. The summed E-state index contributed by atoms with van der Waals surface area (Å²) in [5.74, 6) is 0.221. The third kappa shape index (κ3) is 3.74. The van der Waals surface area contributed by atoms with Crippen LogP contribution in [0.15, 0.2) is 60.7 Å². The van der Waals surface area contributed by atoms with E-state index in [1.54, 1.807) is 19.2 Å². The highest BCUT2D eigenvalue weighted by Gasteiger charge is 2.70. The number of benzene rings is 3. The monoisotopic (exact) mass is 512 g/mol. The molecule has 3 atom stereocenters. The van der Waals surface area contributed by atoms with Gasteiger partial charge in [0.1, 0.15) is 23.9 Å². The van der Waals surface area contributed by atoms with Gasteiger partial charge in [-0.3, -0.25) is 4.79 Å². The highest BCUT2D eigenvalue weighted by Crippen LogP contribution is 2.68. The second kappa shape index (κ2) is 8.72. The number of rotatable bonds is 7. The molecule has 3 aliphatic rings. The first-order chi connectivity index (χ1) is 18.2. The summed E-state index contributed by atoms with van der Waals surface area (Å²) in [5, 5.41) is 9.61. The zero-order valence-electron chi connectivity index (χ0n) is 22.3. The number of hydrogen-bond acceptors (Lipinski definition) is 3. The molecule has 3 aromatic rings. The number of carbonyl (C=O) groups is 1. The fourth-order valence-electron chi connectivity index (χ4n) is 6.89. The van der Waals surface area contributed by atoms with E-state index in [2.05, 4.69) is 32.1 Å². The molecule has 3 unspecified atom stereocenters. The zero-order chi connectivity index (χ0) is 26.8. The SMILES string of the molecule is COc1ccc(F)c(-c2ccc(COc3ccc4c(c3)C3(C4)C(C)C3C(=O)O)cc2C2=CCCC2(C)C)c1. The molecular weight excluding hydrogens is 479 g/mol. The van der Waals surface area contributed by atoms with Crippen LogP contribution < -0.4 is 9.47 Å². The Kier molecular flexibility index (Phi) is 5.67. The molecule has 1 N–H and O–H groups in total. The smallest absolute Gasteiger partial charge is 0.307 e. The van der Waals surface area contributed by atoms with Crippen LogP contribution in [0.25, 0.3) is 16.7 Å². The van der Waals surface area contributed by atoms with Gasteiger partial charge in [0.2, 0.25) is 0 Å². The average molecular weight is 513 g/mol. The predicted octanol–water partition coefficient (Wildman–Crippen LogP) is 7.43. The fraction of sp³-hybridized carbons (Fsp3) is 0.364. The summed E-state index contributed by atoms with van der Waals surface area (Å²) in [6.07, 6.45) is 5.15. The minimum atomic E-state index is -0.710. The Bertz CT molecular complexity index is 1490.